The predicted molar refractivity (Wildman–Crippen MR) is 93.9 cm³/mol. The molecule has 1 saturated carbocycles. The first-order valence-corrected chi connectivity index (χ1v) is 8.50. The van der Waals surface area contributed by atoms with Crippen molar-refractivity contribution in [3.05, 3.63) is 29.8 Å². The van der Waals surface area contributed by atoms with Gasteiger partial charge in [-0.3, -0.25) is 4.99 Å². The zero-order chi connectivity index (χ0) is 16.7. The summed E-state index contributed by atoms with van der Waals surface area (Å²) in [5.41, 5.74) is 0.615. The predicted octanol–water partition coefficient (Wildman–Crippen LogP) is 2.40. The molecule has 0 atom stereocenters. The molecular formula is C18H29N3O2. The van der Waals surface area contributed by atoms with Crippen molar-refractivity contribution >= 4 is 5.96 Å². The summed E-state index contributed by atoms with van der Waals surface area (Å²) in [4.78, 5) is 6.69. The summed E-state index contributed by atoms with van der Waals surface area (Å²) in [6.45, 7) is 6.76. The zero-order valence-electron chi connectivity index (χ0n) is 14.5. The minimum absolute atomic E-state index is 0.475. The molecule has 1 aromatic rings. The number of aliphatic imine (C=N–C) groups is 1. The van der Waals surface area contributed by atoms with Gasteiger partial charge < -0.3 is 20.1 Å². The van der Waals surface area contributed by atoms with Gasteiger partial charge in [-0.05, 0) is 50.8 Å². The first kappa shape index (κ1) is 17.6. The maximum absolute atomic E-state index is 10.2. The normalized spacial score (nSPS) is 16.6. The summed E-state index contributed by atoms with van der Waals surface area (Å²) < 4.78 is 5.47. The maximum Gasteiger partial charge on any atom is 0.194 e. The molecule has 5 heteroatoms. The number of nitrogens with one attached hydrogen (secondary N) is 1. The lowest BCUT2D eigenvalue weighted by atomic mass is 9.80. The van der Waals surface area contributed by atoms with Crippen LogP contribution in [-0.2, 0) is 6.54 Å². The van der Waals surface area contributed by atoms with Gasteiger partial charge in [-0.2, -0.15) is 0 Å². The molecule has 0 radical (unpaired) electrons. The highest BCUT2D eigenvalue weighted by Crippen LogP contribution is 2.31. The number of hydrogen-bond donors (Lipinski definition) is 2. The number of hydrogen-bond acceptors (Lipinski definition) is 3. The van der Waals surface area contributed by atoms with Crippen LogP contribution in [0.1, 0.15) is 38.7 Å². The van der Waals surface area contributed by atoms with E-state index in [1.807, 2.05) is 26.1 Å². The van der Waals surface area contributed by atoms with Crippen LogP contribution in [-0.4, -0.2) is 48.3 Å². The minimum Gasteiger partial charge on any atom is -0.494 e. The molecule has 2 N–H and O–H groups in total. The highest BCUT2D eigenvalue weighted by molar-refractivity contribution is 5.79. The average Bonchev–Trinajstić information content (AvgIpc) is 2.51. The first-order valence-electron chi connectivity index (χ1n) is 8.50. The van der Waals surface area contributed by atoms with Gasteiger partial charge in [0.15, 0.2) is 5.96 Å². The molecule has 5 nitrogen and oxygen atoms in total. The topological polar surface area (TPSA) is 57.1 Å². The lowest BCUT2D eigenvalue weighted by Gasteiger charge is -2.35. The van der Waals surface area contributed by atoms with Crippen LogP contribution in [0.15, 0.2) is 29.3 Å². The number of benzene rings is 1. The molecule has 2 rings (SSSR count). The van der Waals surface area contributed by atoms with Crippen molar-refractivity contribution < 1.29 is 9.84 Å². The van der Waals surface area contributed by atoms with Gasteiger partial charge in [0, 0.05) is 20.1 Å². The lowest BCUT2D eigenvalue weighted by molar-refractivity contribution is -0.0237. The van der Waals surface area contributed by atoms with Crippen molar-refractivity contribution in [3.8, 4) is 5.75 Å². The Morgan fingerprint density at radius 1 is 1.30 bits per heavy atom. The lowest BCUT2D eigenvalue weighted by Crippen LogP contribution is -2.43. The third-order valence-corrected chi connectivity index (χ3v) is 4.16. The van der Waals surface area contributed by atoms with Gasteiger partial charge in [-0.1, -0.05) is 12.1 Å². The number of rotatable bonds is 7. The van der Waals surface area contributed by atoms with Crippen LogP contribution in [0.3, 0.4) is 0 Å². The van der Waals surface area contributed by atoms with Crippen LogP contribution in [0, 0.1) is 0 Å². The molecule has 0 bridgehead atoms. The van der Waals surface area contributed by atoms with E-state index >= 15 is 0 Å². The minimum atomic E-state index is -0.583. The Hall–Kier alpha value is -1.75. The van der Waals surface area contributed by atoms with Crippen LogP contribution in [0.2, 0.25) is 0 Å². The smallest absolute Gasteiger partial charge is 0.194 e. The Morgan fingerprint density at radius 2 is 2.00 bits per heavy atom. The van der Waals surface area contributed by atoms with Crippen LogP contribution in [0.5, 0.6) is 5.75 Å². The molecule has 128 valence electrons. The summed E-state index contributed by atoms with van der Waals surface area (Å²) in [5, 5.41) is 13.5. The molecule has 0 aliphatic heterocycles. The Balaban J connectivity index is 1.96. The van der Waals surface area contributed by atoms with E-state index in [0.29, 0.717) is 13.2 Å². The second-order valence-corrected chi connectivity index (χ2v) is 6.18. The summed E-state index contributed by atoms with van der Waals surface area (Å²) in [7, 11) is 2.02. The van der Waals surface area contributed by atoms with Gasteiger partial charge in [0.2, 0.25) is 0 Å². The molecule has 0 saturated heterocycles. The molecule has 23 heavy (non-hydrogen) atoms. The van der Waals surface area contributed by atoms with E-state index in [1.165, 1.54) is 5.56 Å². The number of guanidine groups is 1. The van der Waals surface area contributed by atoms with E-state index in [1.54, 1.807) is 0 Å². The van der Waals surface area contributed by atoms with Crippen LogP contribution < -0.4 is 10.1 Å². The molecule has 0 unspecified atom stereocenters. The number of aliphatic hydroxyl groups is 1. The van der Waals surface area contributed by atoms with E-state index in [2.05, 4.69) is 34.3 Å². The van der Waals surface area contributed by atoms with Gasteiger partial charge in [0.1, 0.15) is 5.75 Å². The number of nitrogens with zero attached hydrogens (tertiary/aromatic N) is 2. The van der Waals surface area contributed by atoms with E-state index in [-0.39, 0.29) is 0 Å². The van der Waals surface area contributed by atoms with Gasteiger partial charge in [-0.15, -0.1) is 0 Å². The van der Waals surface area contributed by atoms with Crippen LogP contribution in [0.4, 0.5) is 0 Å². The van der Waals surface area contributed by atoms with Gasteiger partial charge in [-0.25, -0.2) is 0 Å². The summed E-state index contributed by atoms with van der Waals surface area (Å²) >= 11 is 0. The fraction of sp³-hybridized carbons (Fsp3) is 0.611. The molecular weight excluding hydrogens is 290 g/mol. The highest BCUT2D eigenvalue weighted by atomic mass is 16.5. The summed E-state index contributed by atoms with van der Waals surface area (Å²) in [6.07, 6.45) is 2.82. The van der Waals surface area contributed by atoms with E-state index in [0.717, 1.165) is 44.1 Å². The standard InChI is InChI=1S/C18H29N3O2/c1-4-19-17(20-14-18(22)11-6-12-18)21(3)13-15-7-9-16(10-8-15)23-5-2/h7-10,22H,4-6,11-14H2,1-3H3,(H,19,20). The molecule has 1 aromatic carbocycles. The Bertz CT molecular complexity index is 510. The van der Waals surface area contributed by atoms with Crippen molar-refractivity contribution in [2.45, 2.75) is 45.3 Å². The second kappa shape index (κ2) is 8.20. The molecule has 1 aliphatic rings. The Labute approximate surface area is 139 Å². The number of ether oxygens (including phenoxy) is 1. The summed E-state index contributed by atoms with van der Waals surface area (Å²) in [5.74, 6) is 1.73. The Kier molecular flexibility index (Phi) is 6.28. The fourth-order valence-corrected chi connectivity index (χ4v) is 2.64. The van der Waals surface area contributed by atoms with Gasteiger partial charge >= 0.3 is 0 Å². The van der Waals surface area contributed by atoms with Crippen molar-refractivity contribution in [3.63, 3.8) is 0 Å². The largest absolute Gasteiger partial charge is 0.494 e. The molecule has 0 amide bonds. The fourth-order valence-electron chi connectivity index (χ4n) is 2.64. The van der Waals surface area contributed by atoms with E-state index in [4.69, 9.17) is 4.74 Å². The van der Waals surface area contributed by atoms with E-state index < -0.39 is 5.60 Å². The third kappa shape index (κ3) is 5.13. The summed E-state index contributed by atoms with van der Waals surface area (Å²) in [6, 6.07) is 8.14. The molecule has 1 aliphatic carbocycles. The SMILES string of the molecule is CCNC(=NCC1(O)CCC1)N(C)Cc1ccc(OCC)cc1. The third-order valence-electron chi connectivity index (χ3n) is 4.16. The molecule has 1 fully saturated rings. The van der Waals surface area contributed by atoms with Crippen molar-refractivity contribution in [1.29, 1.82) is 0 Å². The van der Waals surface area contributed by atoms with Crippen molar-refractivity contribution in [2.24, 2.45) is 4.99 Å². The van der Waals surface area contributed by atoms with Crippen molar-refractivity contribution in [2.75, 3.05) is 26.7 Å². The Morgan fingerprint density at radius 3 is 2.52 bits per heavy atom. The van der Waals surface area contributed by atoms with Crippen LogP contribution >= 0.6 is 0 Å². The zero-order valence-corrected chi connectivity index (χ0v) is 14.5. The van der Waals surface area contributed by atoms with Gasteiger partial charge in [0.25, 0.3) is 0 Å². The first-order chi connectivity index (χ1) is 11.1. The van der Waals surface area contributed by atoms with Gasteiger partial charge in [0.05, 0.1) is 18.8 Å². The molecule has 0 spiro atoms. The van der Waals surface area contributed by atoms with Crippen LogP contribution in [0.25, 0.3) is 0 Å². The molecule has 0 aromatic heterocycles. The molecule has 0 heterocycles. The highest BCUT2D eigenvalue weighted by Gasteiger charge is 2.34. The quantitative estimate of drug-likeness (QED) is 0.598. The average molecular weight is 319 g/mol. The monoisotopic (exact) mass is 319 g/mol. The second-order valence-electron chi connectivity index (χ2n) is 6.18. The van der Waals surface area contributed by atoms with E-state index in [9.17, 15) is 5.11 Å². The van der Waals surface area contributed by atoms with Crippen molar-refractivity contribution in [1.82, 2.24) is 10.2 Å². The maximum atomic E-state index is 10.2.